The highest BCUT2D eigenvalue weighted by molar-refractivity contribution is 7.99. The zero-order chi connectivity index (χ0) is 18.7. The first-order chi connectivity index (χ1) is 12.5. The van der Waals surface area contributed by atoms with E-state index in [1.54, 1.807) is 17.8 Å². The van der Waals surface area contributed by atoms with Gasteiger partial charge in [0.05, 0.1) is 5.69 Å². The van der Waals surface area contributed by atoms with Crippen molar-refractivity contribution >= 4 is 35.0 Å². The number of aliphatic hydroxyl groups excluding tert-OH is 1. The fourth-order valence-electron chi connectivity index (χ4n) is 2.73. The molecule has 1 aromatic heterocycles. The van der Waals surface area contributed by atoms with Gasteiger partial charge in [0.25, 0.3) is 0 Å². The van der Waals surface area contributed by atoms with E-state index in [4.69, 9.17) is 28.2 Å². The Hall–Kier alpha value is -1.46. The molecular weight excluding hydrogens is 387 g/mol. The average molecular weight is 407 g/mol. The van der Waals surface area contributed by atoms with Crippen LogP contribution < -0.4 is 0 Å². The van der Waals surface area contributed by atoms with Gasteiger partial charge >= 0.3 is 0 Å². The first kappa shape index (κ1) is 19.3. The Morgan fingerprint density at radius 3 is 2.31 bits per heavy atom. The van der Waals surface area contributed by atoms with E-state index in [2.05, 4.69) is 30.5 Å². The van der Waals surface area contributed by atoms with Gasteiger partial charge in [-0.2, -0.15) is 0 Å². The smallest absolute Gasteiger partial charge is 0.136 e. The minimum atomic E-state index is -0.108. The molecule has 2 aromatic carbocycles. The zero-order valence-electron chi connectivity index (χ0n) is 14.6. The lowest BCUT2D eigenvalue weighted by molar-refractivity contribution is 0.265. The Kier molecular flexibility index (Phi) is 6.30. The summed E-state index contributed by atoms with van der Waals surface area (Å²) in [6.45, 7) is 4.74. The predicted octanol–water partition coefficient (Wildman–Crippen LogP) is 6.01. The van der Waals surface area contributed by atoms with Crippen LogP contribution in [0.25, 0.3) is 0 Å². The maximum absolute atomic E-state index is 9.84. The van der Waals surface area contributed by atoms with Crippen molar-refractivity contribution in [3.8, 4) is 0 Å². The second-order valence-corrected chi connectivity index (χ2v) is 8.25. The highest BCUT2D eigenvalue weighted by Gasteiger charge is 2.20. The molecule has 0 fully saturated rings. The quantitative estimate of drug-likeness (QED) is 0.544. The molecular formula is C20H20Cl2N2OS. The van der Waals surface area contributed by atoms with Crippen molar-refractivity contribution in [2.75, 3.05) is 0 Å². The van der Waals surface area contributed by atoms with Crippen LogP contribution in [0.15, 0.2) is 58.5 Å². The monoisotopic (exact) mass is 406 g/mol. The summed E-state index contributed by atoms with van der Waals surface area (Å²) in [6.07, 6.45) is 0. The van der Waals surface area contributed by atoms with E-state index >= 15 is 0 Å². The zero-order valence-corrected chi connectivity index (χ0v) is 16.9. The molecule has 3 nitrogen and oxygen atoms in total. The maximum Gasteiger partial charge on any atom is 0.136 e. The molecule has 0 spiro atoms. The molecule has 0 saturated carbocycles. The molecule has 0 amide bonds. The van der Waals surface area contributed by atoms with E-state index in [9.17, 15) is 5.11 Å². The summed E-state index contributed by atoms with van der Waals surface area (Å²) in [5.74, 6) is 0.891. The molecule has 0 radical (unpaired) electrons. The average Bonchev–Trinajstić information content (AvgIpc) is 2.93. The van der Waals surface area contributed by atoms with E-state index in [0.717, 1.165) is 21.2 Å². The Labute approximate surface area is 168 Å². The van der Waals surface area contributed by atoms with Crippen LogP contribution in [0.3, 0.4) is 0 Å². The molecule has 0 aliphatic rings. The largest absolute Gasteiger partial charge is 0.388 e. The number of nitrogens with zero attached hydrogens (tertiary/aromatic N) is 2. The fourth-order valence-corrected chi connectivity index (χ4v) is 4.65. The lowest BCUT2D eigenvalue weighted by Crippen LogP contribution is -2.06. The SMILES string of the molecule is CC(C)c1nc(CO)n(Cc2ccccc2)c1Sc1cc(Cl)cc(Cl)c1. The second kappa shape index (κ2) is 8.49. The van der Waals surface area contributed by atoms with Gasteiger partial charge in [-0.1, -0.05) is 79.1 Å². The van der Waals surface area contributed by atoms with Crippen molar-refractivity contribution < 1.29 is 5.11 Å². The number of halogens is 2. The Balaban J connectivity index is 2.07. The number of aliphatic hydroxyl groups is 1. The number of rotatable bonds is 6. The molecule has 0 aliphatic heterocycles. The van der Waals surface area contributed by atoms with Crippen LogP contribution in [0.5, 0.6) is 0 Å². The third-order valence-corrected chi connectivity index (χ3v) is 5.48. The highest BCUT2D eigenvalue weighted by atomic mass is 35.5. The Morgan fingerprint density at radius 2 is 1.73 bits per heavy atom. The number of benzene rings is 2. The first-order valence-electron chi connectivity index (χ1n) is 8.36. The van der Waals surface area contributed by atoms with Crippen molar-refractivity contribution in [2.24, 2.45) is 0 Å². The summed E-state index contributed by atoms with van der Waals surface area (Å²) in [6, 6.07) is 15.7. The Morgan fingerprint density at radius 1 is 1.08 bits per heavy atom. The van der Waals surface area contributed by atoms with E-state index in [1.165, 1.54) is 0 Å². The molecule has 1 heterocycles. The fraction of sp³-hybridized carbons (Fsp3) is 0.250. The molecule has 26 heavy (non-hydrogen) atoms. The lowest BCUT2D eigenvalue weighted by Gasteiger charge is -2.13. The predicted molar refractivity (Wildman–Crippen MR) is 108 cm³/mol. The van der Waals surface area contributed by atoms with Crippen molar-refractivity contribution in [1.29, 1.82) is 0 Å². The van der Waals surface area contributed by atoms with Crippen LogP contribution in [0.4, 0.5) is 0 Å². The van der Waals surface area contributed by atoms with Crippen molar-refractivity contribution in [3.63, 3.8) is 0 Å². The summed E-state index contributed by atoms with van der Waals surface area (Å²) >= 11 is 13.9. The van der Waals surface area contributed by atoms with Gasteiger partial charge in [-0.15, -0.1) is 0 Å². The second-order valence-electron chi connectivity index (χ2n) is 6.31. The Bertz CT molecular complexity index is 874. The maximum atomic E-state index is 9.84. The van der Waals surface area contributed by atoms with Crippen LogP contribution in [0.1, 0.15) is 36.8 Å². The molecule has 0 bridgehead atoms. The summed E-state index contributed by atoms with van der Waals surface area (Å²) in [5.41, 5.74) is 2.12. The van der Waals surface area contributed by atoms with Crippen molar-refractivity contribution in [3.05, 3.63) is 75.7 Å². The van der Waals surface area contributed by atoms with Crippen LogP contribution >= 0.6 is 35.0 Å². The first-order valence-corrected chi connectivity index (χ1v) is 9.93. The minimum absolute atomic E-state index is 0.108. The van der Waals surface area contributed by atoms with Crippen LogP contribution in [-0.4, -0.2) is 14.7 Å². The van der Waals surface area contributed by atoms with E-state index in [-0.39, 0.29) is 12.5 Å². The molecule has 0 aliphatic carbocycles. The highest BCUT2D eigenvalue weighted by Crippen LogP contribution is 2.37. The molecule has 136 valence electrons. The number of aromatic nitrogens is 2. The van der Waals surface area contributed by atoms with Gasteiger partial charge in [0.2, 0.25) is 0 Å². The molecule has 3 rings (SSSR count). The molecule has 3 aromatic rings. The number of imidazole rings is 1. The van der Waals surface area contributed by atoms with Crippen LogP contribution in [-0.2, 0) is 13.2 Å². The van der Waals surface area contributed by atoms with Gasteiger partial charge in [-0.3, -0.25) is 0 Å². The normalized spacial score (nSPS) is 11.3. The van der Waals surface area contributed by atoms with Gasteiger partial charge in [0, 0.05) is 21.5 Å². The molecule has 6 heteroatoms. The van der Waals surface area contributed by atoms with Gasteiger partial charge in [-0.05, 0) is 29.7 Å². The number of hydrogen-bond acceptors (Lipinski definition) is 3. The molecule has 0 saturated heterocycles. The number of hydrogen-bond donors (Lipinski definition) is 1. The third kappa shape index (κ3) is 4.44. The lowest BCUT2D eigenvalue weighted by atomic mass is 10.1. The van der Waals surface area contributed by atoms with Gasteiger partial charge in [-0.25, -0.2) is 4.98 Å². The van der Waals surface area contributed by atoms with Crippen LogP contribution in [0, 0.1) is 0 Å². The van der Waals surface area contributed by atoms with Gasteiger partial charge < -0.3 is 9.67 Å². The molecule has 0 atom stereocenters. The summed E-state index contributed by atoms with van der Waals surface area (Å²) < 4.78 is 2.07. The minimum Gasteiger partial charge on any atom is -0.388 e. The summed E-state index contributed by atoms with van der Waals surface area (Å²) in [7, 11) is 0. The van der Waals surface area contributed by atoms with Crippen molar-refractivity contribution in [1.82, 2.24) is 9.55 Å². The topological polar surface area (TPSA) is 38.1 Å². The van der Waals surface area contributed by atoms with E-state index < -0.39 is 0 Å². The van der Waals surface area contributed by atoms with Gasteiger partial charge in [0.15, 0.2) is 0 Å². The van der Waals surface area contributed by atoms with Crippen molar-refractivity contribution in [2.45, 2.75) is 42.8 Å². The van der Waals surface area contributed by atoms with E-state index in [0.29, 0.717) is 22.4 Å². The molecule has 0 unspecified atom stereocenters. The summed E-state index contributed by atoms with van der Waals surface area (Å²) in [4.78, 5) is 5.64. The standard InChI is InChI=1S/C20H20Cl2N2OS/c1-13(2)19-20(26-17-9-15(21)8-16(22)10-17)24(18(12-25)23-19)11-14-6-4-3-5-7-14/h3-10,13,25H,11-12H2,1-2H3. The summed E-state index contributed by atoms with van der Waals surface area (Å²) in [5, 5.41) is 12.0. The van der Waals surface area contributed by atoms with Gasteiger partial charge in [0.1, 0.15) is 17.5 Å². The third-order valence-electron chi connectivity index (χ3n) is 3.95. The van der Waals surface area contributed by atoms with Crippen LogP contribution in [0.2, 0.25) is 10.0 Å². The van der Waals surface area contributed by atoms with E-state index in [1.807, 2.05) is 30.3 Å². The molecule has 1 N–H and O–H groups in total.